The van der Waals surface area contributed by atoms with Crippen LogP contribution in [0.15, 0.2) is 72.8 Å². The smallest absolute Gasteiger partial charge is 0.416 e. The van der Waals surface area contributed by atoms with Crippen molar-refractivity contribution < 1.29 is 27.4 Å². The lowest BCUT2D eigenvalue weighted by Gasteiger charge is -2.11. The van der Waals surface area contributed by atoms with Gasteiger partial charge in [0.05, 0.1) is 5.56 Å². The Labute approximate surface area is 172 Å². The molecule has 1 amide bonds. The fraction of sp³-hybridized carbons (Fsp3) is 0.174. The van der Waals surface area contributed by atoms with E-state index >= 15 is 0 Å². The van der Waals surface area contributed by atoms with Crippen molar-refractivity contribution in [3.63, 3.8) is 0 Å². The second kappa shape index (κ2) is 9.35. The Morgan fingerprint density at radius 1 is 0.867 bits per heavy atom. The topological polar surface area (TPSA) is 47.6 Å². The molecule has 0 aromatic heterocycles. The van der Waals surface area contributed by atoms with Crippen molar-refractivity contribution in [3.05, 3.63) is 89.5 Å². The van der Waals surface area contributed by atoms with Crippen LogP contribution < -0.4 is 14.8 Å². The lowest BCUT2D eigenvalue weighted by atomic mass is 10.1. The molecule has 30 heavy (non-hydrogen) atoms. The van der Waals surface area contributed by atoms with Gasteiger partial charge < -0.3 is 14.8 Å². The number of benzene rings is 3. The highest BCUT2D eigenvalue weighted by molar-refractivity contribution is 6.04. The first-order chi connectivity index (χ1) is 14.3. The number of nitrogens with one attached hydrogen (secondary N) is 1. The van der Waals surface area contributed by atoms with Crippen molar-refractivity contribution >= 4 is 11.6 Å². The number of halogens is 3. The average molecular weight is 415 g/mol. The molecule has 0 aliphatic rings. The molecule has 156 valence electrons. The van der Waals surface area contributed by atoms with E-state index in [1.807, 2.05) is 31.2 Å². The zero-order chi connectivity index (χ0) is 21.6. The van der Waals surface area contributed by atoms with Crippen LogP contribution in [0.5, 0.6) is 11.5 Å². The molecule has 0 saturated heterocycles. The number of hydrogen-bond acceptors (Lipinski definition) is 3. The number of hydrogen-bond donors (Lipinski definition) is 1. The number of rotatable bonds is 7. The van der Waals surface area contributed by atoms with E-state index in [0.717, 1.165) is 23.4 Å². The summed E-state index contributed by atoms with van der Waals surface area (Å²) in [5, 5.41) is 2.47. The van der Waals surface area contributed by atoms with Crippen LogP contribution >= 0.6 is 0 Å². The lowest BCUT2D eigenvalue weighted by Crippen LogP contribution is -2.13. The van der Waals surface area contributed by atoms with Gasteiger partial charge in [0.2, 0.25) is 0 Å². The summed E-state index contributed by atoms with van der Waals surface area (Å²) >= 11 is 0. The van der Waals surface area contributed by atoms with Gasteiger partial charge in [0.15, 0.2) is 0 Å². The zero-order valence-corrected chi connectivity index (χ0v) is 16.2. The first-order valence-corrected chi connectivity index (χ1v) is 9.22. The lowest BCUT2D eigenvalue weighted by molar-refractivity contribution is -0.137. The number of alkyl halides is 3. The third-order valence-electron chi connectivity index (χ3n) is 4.17. The Kier molecular flexibility index (Phi) is 6.61. The second-order valence-electron chi connectivity index (χ2n) is 6.57. The fourth-order valence-electron chi connectivity index (χ4n) is 2.70. The van der Waals surface area contributed by atoms with Gasteiger partial charge in [-0.1, -0.05) is 18.2 Å². The Morgan fingerprint density at radius 3 is 2.20 bits per heavy atom. The van der Waals surface area contributed by atoms with Crippen molar-refractivity contribution in [2.24, 2.45) is 0 Å². The third kappa shape index (κ3) is 6.01. The molecule has 0 bridgehead atoms. The number of carbonyl (C=O) groups is 1. The molecule has 0 saturated carbocycles. The third-order valence-corrected chi connectivity index (χ3v) is 4.17. The molecule has 0 atom stereocenters. The molecular formula is C23H20F3NO3. The molecule has 0 fully saturated rings. The van der Waals surface area contributed by atoms with Gasteiger partial charge in [0.25, 0.3) is 5.91 Å². The minimum Gasteiger partial charge on any atom is -0.490 e. The van der Waals surface area contributed by atoms with Crippen LogP contribution in [0.3, 0.4) is 0 Å². The van der Waals surface area contributed by atoms with Crippen molar-refractivity contribution in [2.45, 2.75) is 13.1 Å². The summed E-state index contributed by atoms with van der Waals surface area (Å²) in [5.41, 5.74) is 0.656. The highest BCUT2D eigenvalue weighted by Crippen LogP contribution is 2.30. The Bertz CT molecular complexity index is 1000. The van der Waals surface area contributed by atoms with Crippen molar-refractivity contribution in [1.82, 2.24) is 0 Å². The van der Waals surface area contributed by atoms with Crippen LogP contribution in [0.25, 0.3) is 0 Å². The van der Waals surface area contributed by atoms with Crippen LogP contribution in [0.2, 0.25) is 0 Å². The van der Waals surface area contributed by atoms with Crippen LogP contribution in [0, 0.1) is 6.92 Å². The van der Waals surface area contributed by atoms with Crippen molar-refractivity contribution in [3.8, 4) is 11.5 Å². The molecule has 0 aliphatic carbocycles. The van der Waals surface area contributed by atoms with Crippen molar-refractivity contribution in [1.29, 1.82) is 0 Å². The van der Waals surface area contributed by atoms with Crippen LogP contribution in [-0.2, 0) is 6.18 Å². The fourth-order valence-corrected chi connectivity index (χ4v) is 2.70. The molecular weight excluding hydrogens is 395 g/mol. The van der Waals surface area contributed by atoms with Gasteiger partial charge >= 0.3 is 6.18 Å². The SMILES string of the molecule is Cc1cccc(OCCOc2ccc(C(=O)Nc3cccc(C(F)(F)F)c3)cc2)c1. The van der Waals surface area contributed by atoms with E-state index in [0.29, 0.717) is 24.5 Å². The van der Waals surface area contributed by atoms with Gasteiger partial charge in [-0.2, -0.15) is 13.2 Å². The van der Waals surface area contributed by atoms with E-state index in [2.05, 4.69) is 5.32 Å². The summed E-state index contributed by atoms with van der Waals surface area (Å²) in [6.07, 6.45) is -4.47. The summed E-state index contributed by atoms with van der Waals surface area (Å²) in [7, 11) is 0. The van der Waals surface area contributed by atoms with Gasteiger partial charge in [-0.15, -0.1) is 0 Å². The summed E-state index contributed by atoms with van der Waals surface area (Å²) in [4.78, 5) is 12.3. The monoisotopic (exact) mass is 415 g/mol. The summed E-state index contributed by atoms with van der Waals surface area (Å²) < 4.78 is 49.5. The maximum Gasteiger partial charge on any atom is 0.416 e. The predicted molar refractivity (Wildman–Crippen MR) is 108 cm³/mol. The van der Waals surface area contributed by atoms with Crippen LogP contribution in [0.4, 0.5) is 18.9 Å². The summed E-state index contributed by atoms with van der Waals surface area (Å²) in [6.45, 7) is 2.67. The first kappa shape index (κ1) is 21.2. The van der Waals surface area contributed by atoms with E-state index in [-0.39, 0.29) is 5.69 Å². The standard InChI is InChI=1S/C23H20F3NO3/c1-16-4-2-7-21(14-16)30-13-12-29-20-10-8-17(9-11-20)22(28)27-19-6-3-5-18(15-19)23(24,25)26/h2-11,14-15H,12-13H2,1H3,(H,27,28). The van der Waals surface area contributed by atoms with E-state index < -0.39 is 17.6 Å². The van der Waals surface area contributed by atoms with Crippen LogP contribution in [0.1, 0.15) is 21.5 Å². The van der Waals surface area contributed by atoms with E-state index in [9.17, 15) is 18.0 Å². The van der Waals surface area contributed by atoms with Crippen LogP contribution in [-0.4, -0.2) is 19.1 Å². The Hall–Kier alpha value is -3.48. The number of aryl methyl sites for hydroxylation is 1. The number of ether oxygens (including phenoxy) is 2. The summed E-state index contributed by atoms with van der Waals surface area (Å²) in [5.74, 6) is 0.808. The van der Waals surface area contributed by atoms with E-state index in [4.69, 9.17) is 9.47 Å². The zero-order valence-electron chi connectivity index (χ0n) is 16.2. The molecule has 3 aromatic carbocycles. The van der Waals surface area contributed by atoms with Gasteiger partial charge in [-0.25, -0.2) is 0 Å². The minimum atomic E-state index is -4.47. The normalized spacial score (nSPS) is 11.1. The molecule has 0 unspecified atom stereocenters. The maximum absolute atomic E-state index is 12.8. The minimum absolute atomic E-state index is 0.0726. The van der Waals surface area contributed by atoms with E-state index in [1.165, 1.54) is 12.1 Å². The molecule has 3 aromatic rings. The highest BCUT2D eigenvalue weighted by atomic mass is 19.4. The molecule has 4 nitrogen and oxygen atoms in total. The number of anilines is 1. The predicted octanol–water partition coefficient (Wildman–Crippen LogP) is 5.72. The number of amides is 1. The van der Waals surface area contributed by atoms with Gasteiger partial charge in [0, 0.05) is 11.3 Å². The first-order valence-electron chi connectivity index (χ1n) is 9.22. The van der Waals surface area contributed by atoms with Gasteiger partial charge in [-0.05, 0) is 67.1 Å². The maximum atomic E-state index is 12.8. The largest absolute Gasteiger partial charge is 0.490 e. The number of carbonyl (C=O) groups excluding carboxylic acids is 1. The van der Waals surface area contributed by atoms with Crippen molar-refractivity contribution in [2.75, 3.05) is 18.5 Å². The molecule has 0 aliphatic heterocycles. The highest BCUT2D eigenvalue weighted by Gasteiger charge is 2.30. The average Bonchev–Trinajstić information content (AvgIpc) is 2.71. The van der Waals surface area contributed by atoms with Gasteiger partial charge in [0.1, 0.15) is 24.7 Å². The Morgan fingerprint density at radius 2 is 1.53 bits per heavy atom. The second-order valence-corrected chi connectivity index (χ2v) is 6.57. The molecule has 7 heteroatoms. The molecule has 0 spiro atoms. The molecule has 1 N–H and O–H groups in total. The molecule has 3 rings (SSSR count). The van der Waals surface area contributed by atoms with E-state index in [1.54, 1.807) is 24.3 Å². The molecule has 0 heterocycles. The molecule has 0 radical (unpaired) electrons. The Balaban J connectivity index is 1.50. The summed E-state index contributed by atoms with van der Waals surface area (Å²) in [6, 6.07) is 18.5. The van der Waals surface area contributed by atoms with Gasteiger partial charge in [-0.3, -0.25) is 4.79 Å². The quantitative estimate of drug-likeness (QED) is 0.502.